The molecule has 13 heavy (non-hydrogen) atoms. The van der Waals surface area contributed by atoms with E-state index in [4.69, 9.17) is 0 Å². The summed E-state index contributed by atoms with van der Waals surface area (Å²) in [7, 11) is 0. The van der Waals surface area contributed by atoms with E-state index < -0.39 is 0 Å². The Balaban J connectivity index is 2.38. The molecule has 1 aliphatic rings. The van der Waals surface area contributed by atoms with Crippen LogP contribution in [0.4, 0.5) is 0 Å². The summed E-state index contributed by atoms with van der Waals surface area (Å²) < 4.78 is 0. The minimum absolute atomic E-state index is 0.740. The predicted octanol–water partition coefficient (Wildman–Crippen LogP) is 4.49. The van der Waals surface area contributed by atoms with Gasteiger partial charge in [-0.25, -0.2) is 0 Å². The van der Waals surface area contributed by atoms with Crippen molar-refractivity contribution in [3.05, 3.63) is 0 Å². The van der Waals surface area contributed by atoms with Gasteiger partial charge in [-0.2, -0.15) is 0 Å². The molecule has 1 unspecified atom stereocenters. The average molecular weight is 182 g/mol. The van der Waals surface area contributed by atoms with E-state index in [1.165, 1.54) is 25.7 Å². The van der Waals surface area contributed by atoms with Gasteiger partial charge in [-0.15, -0.1) is 0 Å². The molecule has 1 rings (SSSR count). The van der Waals surface area contributed by atoms with Crippen LogP contribution in [0.1, 0.15) is 60.3 Å². The zero-order chi connectivity index (χ0) is 10.1. The third kappa shape index (κ3) is 3.70. The molecule has 0 heteroatoms. The maximum atomic E-state index is 2.46. The van der Waals surface area contributed by atoms with Gasteiger partial charge in [0.05, 0.1) is 0 Å². The van der Waals surface area contributed by atoms with Crippen molar-refractivity contribution >= 4 is 0 Å². The standard InChI is InChI=1S/C13H26/c1-10(2)8-12(11(3)4)9-13(5)6-7-13/h10-12H,6-9H2,1-5H3. The van der Waals surface area contributed by atoms with E-state index in [2.05, 4.69) is 34.6 Å². The third-order valence-corrected chi connectivity index (χ3v) is 3.58. The lowest BCUT2D eigenvalue weighted by Crippen LogP contribution is -2.15. The van der Waals surface area contributed by atoms with E-state index in [1.807, 2.05) is 0 Å². The molecule has 0 amide bonds. The van der Waals surface area contributed by atoms with Crippen molar-refractivity contribution < 1.29 is 0 Å². The Morgan fingerprint density at radius 1 is 1.08 bits per heavy atom. The molecule has 0 spiro atoms. The van der Waals surface area contributed by atoms with Gasteiger partial charge in [-0.1, -0.05) is 34.6 Å². The molecular weight excluding hydrogens is 156 g/mol. The van der Waals surface area contributed by atoms with Crippen LogP contribution in [0.2, 0.25) is 0 Å². The largest absolute Gasteiger partial charge is 0.0628 e. The van der Waals surface area contributed by atoms with Crippen LogP contribution >= 0.6 is 0 Å². The monoisotopic (exact) mass is 182 g/mol. The average Bonchev–Trinajstić information content (AvgIpc) is 2.65. The predicted molar refractivity (Wildman–Crippen MR) is 59.7 cm³/mol. The van der Waals surface area contributed by atoms with Crippen molar-refractivity contribution in [2.75, 3.05) is 0 Å². The van der Waals surface area contributed by atoms with Crippen LogP contribution in [0.25, 0.3) is 0 Å². The minimum atomic E-state index is 0.740. The molecule has 0 aliphatic heterocycles. The van der Waals surface area contributed by atoms with Gasteiger partial charge in [-0.3, -0.25) is 0 Å². The molecule has 0 saturated heterocycles. The van der Waals surface area contributed by atoms with Gasteiger partial charge in [-0.05, 0) is 48.9 Å². The SMILES string of the molecule is CC(C)CC(CC1(C)CC1)C(C)C. The number of hydrogen-bond acceptors (Lipinski definition) is 0. The summed E-state index contributed by atoms with van der Waals surface area (Å²) in [5, 5.41) is 0. The Bertz CT molecular complexity index is 151. The van der Waals surface area contributed by atoms with Crippen LogP contribution in [-0.2, 0) is 0 Å². The first-order valence-electron chi connectivity index (χ1n) is 5.93. The number of hydrogen-bond donors (Lipinski definition) is 0. The fraction of sp³-hybridized carbons (Fsp3) is 1.00. The van der Waals surface area contributed by atoms with Gasteiger partial charge in [0.25, 0.3) is 0 Å². The topological polar surface area (TPSA) is 0 Å². The van der Waals surface area contributed by atoms with Gasteiger partial charge in [0.15, 0.2) is 0 Å². The van der Waals surface area contributed by atoms with Crippen molar-refractivity contribution in [1.82, 2.24) is 0 Å². The van der Waals surface area contributed by atoms with Crippen LogP contribution in [-0.4, -0.2) is 0 Å². The molecular formula is C13H26. The lowest BCUT2D eigenvalue weighted by molar-refractivity contribution is 0.252. The third-order valence-electron chi connectivity index (χ3n) is 3.58. The maximum absolute atomic E-state index is 2.46. The fourth-order valence-electron chi connectivity index (χ4n) is 2.25. The molecule has 1 fully saturated rings. The quantitative estimate of drug-likeness (QED) is 0.587. The first kappa shape index (κ1) is 11.1. The first-order chi connectivity index (χ1) is 5.93. The van der Waals surface area contributed by atoms with Crippen molar-refractivity contribution in [3.63, 3.8) is 0 Å². The maximum Gasteiger partial charge on any atom is -0.0323 e. The van der Waals surface area contributed by atoms with Crippen molar-refractivity contribution in [2.45, 2.75) is 60.3 Å². The summed E-state index contributed by atoms with van der Waals surface area (Å²) in [6, 6.07) is 0. The van der Waals surface area contributed by atoms with Gasteiger partial charge < -0.3 is 0 Å². The zero-order valence-corrected chi connectivity index (χ0v) is 10.1. The highest BCUT2D eigenvalue weighted by Crippen LogP contribution is 2.51. The normalized spacial score (nSPS) is 22.4. The molecule has 0 aromatic carbocycles. The van der Waals surface area contributed by atoms with Crippen molar-refractivity contribution in [3.8, 4) is 0 Å². The summed E-state index contributed by atoms with van der Waals surface area (Å²) in [5.41, 5.74) is 0.740. The molecule has 0 nitrogen and oxygen atoms in total. The highest BCUT2D eigenvalue weighted by Gasteiger charge is 2.39. The molecule has 78 valence electrons. The number of rotatable bonds is 5. The zero-order valence-electron chi connectivity index (χ0n) is 10.1. The molecule has 0 aromatic rings. The Morgan fingerprint density at radius 2 is 1.62 bits per heavy atom. The van der Waals surface area contributed by atoms with Gasteiger partial charge in [0, 0.05) is 0 Å². The second-order valence-electron chi connectivity index (χ2n) is 6.15. The van der Waals surface area contributed by atoms with Gasteiger partial charge in [0.2, 0.25) is 0 Å². The second kappa shape index (κ2) is 4.02. The molecule has 1 saturated carbocycles. The highest BCUT2D eigenvalue weighted by atomic mass is 14.4. The summed E-state index contributed by atoms with van der Waals surface area (Å²) in [5.74, 6) is 2.71. The molecule has 0 radical (unpaired) electrons. The smallest absolute Gasteiger partial charge is 0.0323 e. The first-order valence-corrected chi connectivity index (χ1v) is 5.93. The van der Waals surface area contributed by atoms with Gasteiger partial charge >= 0.3 is 0 Å². The van der Waals surface area contributed by atoms with E-state index in [0.29, 0.717) is 0 Å². The van der Waals surface area contributed by atoms with Crippen LogP contribution in [0.15, 0.2) is 0 Å². The minimum Gasteiger partial charge on any atom is -0.0628 e. The Kier molecular flexibility index (Phi) is 3.43. The van der Waals surface area contributed by atoms with Crippen molar-refractivity contribution in [2.24, 2.45) is 23.2 Å². The van der Waals surface area contributed by atoms with E-state index in [-0.39, 0.29) is 0 Å². The van der Waals surface area contributed by atoms with E-state index in [9.17, 15) is 0 Å². The Hall–Kier alpha value is 0. The molecule has 0 heterocycles. The fourth-order valence-corrected chi connectivity index (χ4v) is 2.25. The second-order valence-corrected chi connectivity index (χ2v) is 6.15. The Morgan fingerprint density at radius 3 is 1.92 bits per heavy atom. The lowest BCUT2D eigenvalue weighted by atomic mass is 9.80. The summed E-state index contributed by atoms with van der Waals surface area (Å²) in [4.78, 5) is 0. The molecule has 1 atom stereocenters. The summed E-state index contributed by atoms with van der Waals surface area (Å²) in [6.45, 7) is 11.9. The van der Waals surface area contributed by atoms with Crippen LogP contribution in [0.5, 0.6) is 0 Å². The molecule has 0 bridgehead atoms. The van der Waals surface area contributed by atoms with E-state index in [1.54, 1.807) is 0 Å². The van der Waals surface area contributed by atoms with Gasteiger partial charge in [0.1, 0.15) is 0 Å². The summed E-state index contributed by atoms with van der Waals surface area (Å²) in [6.07, 6.45) is 5.86. The molecule has 0 aromatic heterocycles. The molecule has 1 aliphatic carbocycles. The lowest BCUT2D eigenvalue weighted by Gasteiger charge is -2.25. The van der Waals surface area contributed by atoms with E-state index in [0.717, 1.165) is 23.2 Å². The van der Waals surface area contributed by atoms with Crippen molar-refractivity contribution in [1.29, 1.82) is 0 Å². The highest BCUT2D eigenvalue weighted by molar-refractivity contribution is 4.90. The van der Waals surface area contributed by atoms with Crippen LogP contribution < -0.4 is 0 Å². The van der Waals surface area contributed by atoms with Crippen LogP contribution in [0.3, 0.4) is 0 Å². The van der Waals surface area contributed by atoms with E-state index >= 15 is 0 Å². The van der Waals surface area contributed by atoms with Crippen LogP contribution in [0, 0.1) is 23.2 Å². The summed E-state index contributed by atoms with van der Waals surface area (Å²) >= 11 is 0. The Labute approximate surface area is 84.1 Å². The molecule has 0 N–H and O–H groups in total.